The number of hydrogen-bond donors (Lipinski definition) is 1. The van der Waals surface area contributed by atoms with Crippen LogP contribution in [-0.4, -0.2) is 42.4 Å². The standard InChI is InChI=1S/C10H20FNO/c1-10(2)4-8(5-10)12(3)7-9(13)6-11/h8-9,13H,4-7H2,1-3H3. The van der Waals surface area contributed by atoms with Crippen LogP contribution < -0.4 is 0 Å². The highest BCUT2D eigenvalue weighted by Gasteiger charge is 2.38. The summed E-state index contributed by atoms with van der Waals surface area (Å²) in [6, 6.07) is 0.538. The molecule has 3 heteroatoms. The average molecular weight is 189 g/mol. The molecule has 0 aromatic rings. The zero-order chi connectivity index (χ0) is 10.1. The van der Waals surface area contributed by atoms with Gasteiger partial charge in [-0.25, -0.2) is 4.39 Å². The molecule has 0 amide bonds. The van der Waals surface area contributed by atoms with Crippen molar-refractivity contribution in [2.45, 2.75) is 38.8 Å². The molecule has 1 unspecified atom stereocenters. The molecule has 0 aliphatic heterocycles. The van der Waals surface area contributed by atoms with Crippen molar-refractivity contribution in [3.63, 3.8) is 0 Å². The van der Waals surface area contributed by atoms with Crippen LogP contribution in [0, 0.1) is 5.41 Å². The summed E-state index contributed by atoms with van der Waals surface area (Å²) in [7, 11) is 1.96. The third-order valence-electron chi connectivity index (χ3n) is 2.88. The fourth-order valence-electron chi connectivity index (χ4n) is 2.06. The first-order chi connectivity index (χ1) is 5.94. The van der Waals surface area contributed by atoms with E-state index in [1.165, 1.54) is 0 Å². The van der Waals surface area contributed by atoms with Gasteiger partial charge < -0.3 is 10.0 Å². The van der Waals surface area contributed by atoms with Gasteiger partial charge >= 0.3 is 0 Å². The van der Waals surface area contributed by atoms with Crippen molar-refractivity contribution >= 4 is 0 Å². The van der Waals surface area contributed by atoms with Gasteiger partial charge in [0.15, 0.2) is 0 Å². The lowest BCUT2D eigenvalue weighted by atomic mass is 9.68. The van der Waals surface area contributed by atoms with Crippen LogP contribution in [0.25, 0.3) is 0 Å². The topological polar surface area (TPSA) is 23.5 Å². The fourth-order valence-corrected chi connectivity index (χ4v) is 2.06. The molecule has 1 rings (SSSR count). The molecule has 1 fully saturated rings. The third-order valence-corrected chi connectivity index (χ3v) is 2.88. The Morgan fingerprint density at radius 2 is 2.08 bits per heavy atom. The molecule has 2 nitrogen and oxygen atoms in total. The van der Waals surface area contributed by atoms with E-state index in [0.717, 1.165) is 12.8 Å². The molecule has 1 atom stereocenters. The first-order valence-electron chi connectivity index (χ1n) is 4.89. The Bertz CT molecular complexity index is 164. The Balaban J connectivity index is 2.23. The van der Waals surface area contributed by atoms with E-state index in [4.69, 9.17) is 5.11 Å². The minimum absolute atomic E-state index is 0.444. The lowest BCUT2D eigenvalue weighted by Gasteiger charge is -2.47. The van der Waals surface area contributed by atoms with Crippen LogP contribution in [0.15, 0.2) is 0 Å². The van der Waals surface area contributed by atoms with Gasteiger partial charge in [-0.05, 0) is 25.3 Å². The Morgan fingerprint density at radius 1 is 1.54 bits per heavy atom. The van der Waals surface area contributed by atoms with Crippen LogP contribution in [-0.2, 0) is 0 Å². The minimum Gasteiger partial charge on any atom is -0.389 e. The van der Waals surface area contributed by atoms with Crippen molar-refractivity contribution in [1.29, 1.82) is 0 Å². The van der Waals surface area contributed by atoms with E-state index in [2.05, 4.69) is 18.7 Å². The highest BCUT2D eigenvalue weighted by molar-refractivity contribution is 4.92. The van der Waals surface area contributed by atoms with Crippen molar-refractivity contribution in [2.24, 2.45) is 5.41 Å². The quantitative estimate of drug-likeness (QED) is 0.723. The van der Waals surface area contributed by atoms with E-state index in [9.17, 15) is 4.39 Å². The van der Waals surface area contributed by atoms with E-state index in [1.807, 2.05) is 7.05 Å². The van der Waals surface area contributed by atoms with Gasteiger partial charge in [0.1, 0.15) is 6.67 Å². The number of aliphatic hydroxyl groups is 1. The summed E-state index contributed by atoms with van der Waals surface area (Å²) in [6.07, 6.45) is 1.50. The van der Waals surface area contributed by atoms with Crippen molar-refractivity contribution in [3.8, 4) is 0 Å². The van der Waals surface area contributed by atoms with Gasteiger partial charge in [0, 0.05) is 12.6 Å². The fraction of sp³-hybridized carbons (Fsp3) is 1.00. The lowest BCUT2D eigenvalue weighted by Crippen LogP contribution is -2.49. The van der Waals surface area contributed by atoms with Gasteiger partial charge in [0.25, 0.3) is 0 Å². The second kappa shape index (κ2) is 3.93. The van der Waals surface area contributed by atoms with E-state index >= 15 is 0 Å². The van der Waals surface area contributed by atoms with E-state index < -0.39 is 12.8 Å². The van der Waals surface area contributed by atoms with E-state index in [0.29, 0.717) is 18.0 Å². The normalized spacial score (nSPS) is 24.5. The molecule has 1 aliphatic carbocycles. The number of aliphatic hydroxyl groups excluding tert-OH is 1. The second-order valence-corrected chi connectivity index (χ2v) is 4.97. The Kier molecular flexibility index (Phi) is 3.30. The Hall–Kier alpha value is -0.150. The molecule has 1 saturated carbocycles. The number of nitrogens with zero attached hydrogens (tertiary/aromatic N) is 1. The van der Waals surface area contributed by atoms with Crippen LogP contribution in [0.1, 0.15) is 26.7 Å². The monoisotopic (exact) mass is 189 g/mol. The van der Waals surface area contributed by atoms with Crippen LogP contribution in [0.5, 0.6) is 0 Å². The van der Waals surface area contributed by atoms with Crippen molar-refractivity contribution in [1.82, 2.24) is 4.90 Å². The lowest BCUT2D eigenvalue weighted by molar-refractivity contribution is 0.00909. The number of rotatable bonds is 4. The molecular formula is C10H20FNO. The predicted molar refractivity (Wildman–Crippen MR) is 51.4 cm³/mol. The van der Waals surface area contributed by atoms with Crippen molar-refractivity contribution in [3.05, 3.63) is 0 Å². The van der Waals surface area contributed by atoms with Crippen LogP contribution in [0.2, 0.25) is 0 Å². The van der Waals surface area contributed by atoms with Gasteiger partial charge in [-0.2, -0.15) is 0 Å². The summed E-state index contributed by atoms with van der Waals surface area (Å²) < 4.78 is 12.0. The van der Waals surface area contributed by atoms with Crippen molar-refractivity contribution in [2.75, 3.05) is 20.3 Å². The molecule has 0 spiro atoms. The largest absolute Gasteiger partial charge is 0.389 e. The molecule has 0 heterocycles. The number of halogens is 1. The molecule has 1 N–H and O–H groups in total. The molecular weight excluding hydrogens is 169 g/mol. The van der Waals surface area contributed by atoms with Gasteiger partial charge in [-0.15, -0.1) is 0 Å². The smallest absolute Gasteiger partial charge is 0.117 e. The molecule has 78 valence electrons. The van der Waals surface area contributed by atoms with Crippen molar-refractivity contribution < 1.29 is 9.50 Å². The molecule has 13 heavy (non-hydrogen) atoms. The molecule has 0 aromatic carbocycles. The summed E-state index contributed by atoms with van der Waals surface area (Å²) in [6.45, 7) is 4.30. The van der Waals surface area contributed by atoms with Gasteiger partial charge in [-0.3, -0.25) is 0 Å². The summed E-state index contributed by atoms with van der Waals surface area (Å²) in [5.41, 5.74) is 0.444. The number of likely N-dealkylation sites (N-methyl/N-ethyl adjacent to an activating group) is 1. The van der Waals surface area contributed by atoms with E-state index in [1.54, 1.807) is 0 Å². The Morgan fingerprint density at radius 3 is 2.46 bits per heavy atom. The summed E-state index contributed by atoms with van der Waals surface area (Å²) in [5, 5.41) is 9.11. The van der Waals surface area contributed by atoms with Crippen LogP contribution >= 0.6 is 0 Å². The zero-order valence-corrected chi connectivity index (χ0v) is 8.76. The molecule has 0 saturated heterocycles. The molecule has 1 aliphatic rings. The average Bonchev–Trinajstić information content (AvgIpc) is 1.99. The predicted octanol–water partition coefficient (Wildman–Crippen LogP) is 1.44. The number of alkyl halides is 1. The highest BCUT2D eigenvalue weighted by Crippen LogP contribution is 2.42. The maximum Gasteiger partial charge on any atom is 0.117 e. The first-order valence-corrected chi connectivity index (χ1v) is 4.89. The van der Waals surface area contributed by atoms with Crippen LogP contribution in [0.4, 0.5) is 4.39 Å². The van der Waals surface area contributed by atoms with Gasteiger partial charge in [0.05, 0.1) is 6.10 Å². The first kappa shape index (κ1) is 10.9. The minimum atomic E-state index is -0.811. The molecule has 0 aromatic heterocycles. The van der Waals surface area contributed by atoms with Gasteiger partial charge in [0.2, 0.25) is 0 Å². The maximum atomic E-state index is 12.0. The highest BCUT2D eigenvalue weighted by atomic mass is 19.1. The Labute approximate surface area is 79.7 Å². The third kappa shape index (κ3) is 2.92. The van der Waals surface area contributed by atoms with Gasteiger partial charge in [-0.1, -0.05) is 13.8 Å². The summed E-state index contributed by atoms with van der Waals surface area (Å²) in [5.74, 6) is 0. The zero-order valence-electron chi connectivity index (χ0n) is 8.76. The van der Waals surface area contributed by atoms with Crippen LogP contribution in [0.3, 0.4) is 0 Å². The summed E-state index contributed by atoms with van der Waals surface area (Å²) >= 11 is 0. The SMILES string of the molecule is CN(CC(O)CF)C1CC(C)(C)C1. The maximum absolute atomic E-state index is 12.0. The second-order valence-electron chi connectivity index (χ2n) is 4.97. The molecule has 0 radical (unpaired) electrons. The van der Waals surface area contributed by atoms with E-state index in [-0.39, 0.29) is 0 Å². The summed E-state index contributed by atoms with van der Waals surface area (Å²) in [4.78, 5) is 2.06. The number of hydrogen-bond acceptors (Lipinski definition) is 2. The molecule has 0 bridgehead atoms.